The van der Waals surface area contributed by atoms with Crippen molar-refractivity contribution in [3.8, 4) is 0 Å². The van der Waals surface area contributed by atoms with Crippen LogP contribution >= 0.6 is 11.3 Å². The largest absolute Gasteiger partial charge is 0.481 e. The molecule has 1 heterocycles. The van der Waals surface area contributed by atoms with Crippen molar-refractivity contribution in [3.05, 3.63) is 21.4 Å². The van der Waals surface area contributed by atoms with Crippen molar-refractivity contribution in [2.24, 2.45) is 5.92 Å². The van der Waals surface area contributed by atoms with E-state index in [-0.39, 0.29) is 18.1 Å². The second-order valence-electron chi connectivity index (χ2n) is 3.89. The van der Waals surface area contributed by atoms with E-state index in [0.717, 1.165) is 21.7 Å². The molecule has 1 aliphatic rings. The van der Waals surface area contributed by atoms with Crippen molar-refractivity contribution in [2.75, 3.05) is 0 Å². The van der Waals surface area contributed by atoms with Crippen LogP contribution in [0.3, 0.4) is 0 Å². The third-order valence-corrected chi connectivity index (χ3v) is 3.82. The molecule has 0 aromatic carbocycles. The van der Waals surface area contributed by atoms with Gasteiger partial charge in [0.1, 0.15) is 0 Å². The van der Waals surface area contributed by atoms with E-state index < -0.39 is 5.97 Å². The first kappa shape index (κ1) is 10.4. The molecule has 0 fully saturated rings. The summed E-state index contributed by atoms with van der Waals surface area (Å²) in [5.74, 6) is -1.18. The number of rotatable bonds is 2. The quantitative estimate of drug-likeness (QED) is 0.838. The highest BCUT2D eigenvalue weighted by atomic mass is 32.1. The molecule has 80 valence electrons. The van der Waals surface area contributed by atoms with Gasteiger partial charge in [0, 0.05) is 21.2 Å². The van der Waals surface area contributed by atoms with E-state index in [1.165, 1.54) is 0 Å². The van der Waals surface area contributed by atoms with Gasteiger partial charge in [0.2, 0.25) is 0 Å². The molecule has 1 atom stereocenters. The Kier molecular flexibility index (Phi) is 2.61. The number of carbonyl (C=O) groups excluding carboxylic acids is 1. The smallest absolute Gasteiger partial charge is 0.304 e. The van der Waals surface area contributed by atoms with Crippen LogP contribution in [0.25, 0.3) is 0 Å². The number of hydrogen-bond acceptors (Lipinski definition) is 3. The highest BCUT2D eigenvalue weighted by Crippen LogP contribution is 2.33. The predicted molar refractivity (Wildman–Crippen MR) is 57.5 cm³/mol. The van der Waals surface area contributed by atoms with Gasteiger partial charge in [-0.1, -0.05) is 0 Å². The number of carboxylic acids is 1. The van der Waals surface area contributed by atoms with E-state index >= 15 is 0 Å². The Labute approximate surface area is 91.7 Å². The molecular formula is C11H12O3S. The first-order chi connectivity index (χ1) is 7.08. The van der Waals surface area contributed by atoms with Crippen LogP contribution in [0.5, 0.6) is 0 Å². The van der Waals surface area contributed by atoms with Crippen LogP contribution in [0.2, 0.25) is 0 Å². The molecule has 1 aliphatic carbocycles. The lowest BCUT2D eigenvalue weighted by molar-refractivity contribution is -0.137. The summed E-state index contributed by atoms with van der Waals surface area (Å²) in [6, 6.07) is 1.89. The average molecular weight is 224 g/mol. The minimum Gasteiger partial charge on any atom is -0.481 e. The van der Waals surface area contributed by atoms with E-state index in [1.807, 2.05) is 13.0 Å². The Morgan fingerprint density at radius 2 is 2.40 bits per heavy atom. The number of Topliss-reactive ketones (excluding diaryl/α,β-unsaturated/α-hetero) is 1. The molecule has 4 heteroatoms. The second-order valence-corrected chi connectivity index (χ2v) is 5.23. The van der Waals surface area contributed by atoms with Gasteiger partial charge in [0.15, 0.2) is 5.78 Å². The average Bonchev–Trinajstić information content (AvgIpc) is 2.51. The molecule has 0 saturated heterocycles. The normalized spacial score (nSPS) is 20.1. The second kappa shape index (κ2) is 3.77. The molecule has 0 spiro atoms. The first-order valence-electron chi connectivity index (χ1n) is 4.93. The van der Waals surface area contributed by atoms with Gasteiger partial charge in [-0.05, 0) is 25.8 Å². The van der Waals surface area contributed by atoms with Crippen LogP contribution in [-0.4, -0.2) is 16.9 Å². The van der Waals surface area contributed by atoms with Crippen molar-refractivity contribution in [3.63, 3.8) is 0 Å². The zero-order valence-electron chi connectivity index (χ0n) is 8.45. The van der Waals surface area contributed by atoms with Gasteiger partial charge in [-0.2, -0.15) is 0 Å². The maximum absolute atomic E-state index is 11.9. The lowest BCUT2D eigenvalue weighted by Gasteiger charge is -2.18. The zero-order chi connectivity index (χ0) is 11.0. The zero-order valence-corrected chi connectivity index (χ0v) is 9.26. The molecule has 15 heavy (non-hydrogen) atoms. The molecule has 0 bridgehead atoms. The summed E-state index contributed by atoms with van der Waals surface area (Å²) in [5, 5.41) is 8.69. The molecule has 1 aromatic heterocycles. The predicted octanol–water partition coefficient (Wildman–Crippen LogP) is 2.28. The molecule has 0 aliphatic heterocycles. The highest BCUT2D eigenvalue weighted by Gasteiger charge is 2.30. The van der Waals surface area contributed by atoms with Crippen molar-refractivity contribution in [1.82, 2.24) is 0 Å². The third-order valence-electron chi connectivity index (χ3n) is 2.71. The number of carbonyl (C=O) groups is 2. The summed E-state index contributed by atoms with van der Waals surface area (Å²) in [7, 11) is 0. The highest BCUT2D eigenvalue weighted by molar-refractivity contribution is 7.12. The fourth-order valence-electron chi connectivity index (χ4n) is 2.02. The molecule has 1 N–H and O–H groups in total. The summed E-state index contributed by atoms with van der Waals surface area (Å²) in [6.45, 7) is 1.97. The molecule has 1 unspecified atom stereocenters. The number of thiophene rings is 1. The number of ketones is 1. The van der Waals surface area contributed by atoms with Gasteiger partial charge >= 0.3 is 5.97 Å². The van der Waals surface area contributed by atoms with Crippen LogP contribution in [-0.2, 0) is 11.2 Å². The van der Waals surface area contributed by atoms with Gasteiger partial charge < -0.3 is 5.11 Å². The SMILES string of the molecule is Cc1cc2c(s1)CCC(CC(=O)O)C2=O. The van der Waals surface area contributed by atoms with Gasteiger partial charge in [-0.15, -0.1) is 11.3 Å². The molecule has 1 aromatic rings. The summed E-state index contributed by atoms with van der Waals surface area (Å²) >= 11 is 1.65. The van der Waals surface area contributed by atoms with Crippen LogP contribution in [0.15, 0.2) is 6.07 Å². The Morgan fingerprint density at radius 3 is 3.07 bits per heavy atom. The Morgan fingerprint density at radius 1 is 1.67 bits per heavy atom. The maximum Gasteiger partial charge on any atom is 0.304 e. The number of aryl methyl sites for hydroxylation is 2. The van der Waals surface area contributed by atoms with E-state index in [4.69, 9.17) is 5.11 Å². The van der Waals surface area contributed by atoms with Gasteiger partial charge in [0.25, 0.3) is 0 Å². The fourth-order valence-corrected chi connectivity index (χ4v) is 3.07. The van der Waals surface area contributed by atoms with Crippen molar-refractivity contribution >= 4 is 23.1 Å². The molecule has 0 saturated carbocycles. The van der Waals surface area contributed by atoms with Crippen LogP contribution < -0.4 is 0 Å². The summed E-state index contributed by atoms with van der Waals surface area (Å²) in [5.41, 5.74) is 0.759. The van der Waals surface area contributed by atoms with Crippen LogP contribution in [0.4, 0.5) is 0 Å². The number of fused-ring (bicyclic) bond motifs is 1. The molecule has 3 nitrogen and oxygen atoms in total. The molecular weight excluding hydrogens is 212 g/mol. The van der Waals surface area contributed by atoms with Gasteiger partial charge in [-0.25, -0.2) is 0 Å². The topological polar surface area (TPSA) is 54.4 Å². The standard InChI is InChI=1S/C11H12O3S/c1-6-4-8-9(15-6)3-2-7(11(8)14)5-10(12)13/h4,7H,2-3,5H2,1H3,(H,12,13). The monoisotopic (exact) mass is 224 g/mol. The minimum atomic E-state index is -0.885. The van der Waals surface area contributed by atoms with Crippen molar-refractivity contribution in [1.29, 1.82) is 0 Å². The molecule has 0 radical (unpaired) electrons. The fraction of sp³-hybridized carbons (Fsp3) is 0.455. The van der Waals surface area contributed by atoms with Crippen LogP contribution in [0, 0.1) is 12.8 Å². The maximum atomic E-state index is 11.9. The number of carboxylic acid groups (broad SMARTS) is 1. The summed E-state index contributed by atoms with van der Waals surface area (Å²) in [4.78, 5) is 24.7. The van der Waals surface area contributed by atoms with Crippen LogP contribution in [0.1, 0.15) is 33.0 Å². The van der Waals surface area contributed by atoms with Crippen molar-refractivity contribution < 1.29 is 14.7 Å². The third kappa shape index (κ3) is 1.95. The Bertz CT molecular complexity index is 419. The molecule has 2 rings (SSSR count). The minimum absolute atomic E-state index is 0.0167. The van der Waals surface area contributed by atoms with Gasteiger partial charge in [-0.3, -0.25) is 9.59 Å². The Balaban J connectivity index is 2.25. The summed E-state index contributed by atoms with van der Waals surface area (Å²) in [6.07, 6.45) is 1.49. The van der Waals surface area contributed by atoms with E-state index in [1.54, 1.807) is 11.3 Å². The van der Waals surface area contributed by atoms with E-state index in [2.05, 4.69) is 0 Å². The van der Waals surface area contributed by atoms with E-state index in [0.29, 0.717) is 6.42 Å². The van der Waals surface area contributed by atoms with Crippen molar-refractivity contribution in [2.45, 2.75) is 26.2 Å². The van der Waals surface area contributed by atoms with E-state index in [9.17, 15) is 9.59 Å². The van der Waals surface area contributed by atoms with Gasteiger partial charge in [0.05, 0.1) is 6.42 Å². The lowest BCUT2D eigenvalue weighted by Crippen LogP contribution is -2.23. The number of hydrogen-bond donors (Lipinski definition) is 1. The Hall–Kier alpha value is -1.16. The summed E-state index contributed by atoms with van der Waals surface area (Å²) < 4.78 is 0. The molecule has 0 amide bonds. The first-order valence-corrected chi connectivity index (χ1v) is 5.75. The number of aliphatic carboxylic acids is 1. The lowest BCUT2D eigenvalue weighted by atomic mass is 9.85.